The number of nitrogens with one attached hydrogen (secondary N) is 1. The lowest BCUT2D eigenvalue weighted by atomic mass is 9.98. The molecule has 1 atom stereocenters. The number of amides is 2. The smallest absolute Gasteiger partial charge is 0.297 e. The van der Waals surface area contributed by atoms with Crippen LogP contribution in [0.25, 0.3) is 0 Å². The second-order valence-electron chi connectivity index (χ2n) is 5.67. The van der Waals surface area contributed by atoms with E-state index in [1.807, 2.05) is 13.8 Å². The SMILES string of the molecule is CCCC(=O)C(=O)N1C(=O)/C(=C(\C)O)C(=N)[C@@H]1CC(C)C. The van der Waals surface area contributed by atoms with E-state index in [4.69, 9.17) is 5.41 Å². The molecule has 0 aliphatic carbocycles. The lowest BCUT2D eigenvalue weighted by molar-refractivity contribution is -0.150. The van der Waals surface area contributed by atoms with Gasteiger partial charge in [-0.15, -0.1) is 0 Å². The highest BCUT2D eigenvalue weighted by Gasteiger charge is 2.46. The van der Waals surface area contributed by atoms with Gasteiger partial charge >= 0.3 is 0 Å². The fraction of sp³-hybridized carbons (Fsp3) is 0.600. The van der Waals surface area contributed by atoms with Crippen molar-refractivity contribution in [1.29, 1.82) is 5.41 Å². The summed E-state index contributed by atoms with van der Waals surface area (Å²) in [5.41, 5.74) is -0.260. The van der Waals surface area contributed by atoms with E-state index >= 15 is 0 Å². The van der Waals surface area contributed by atoms with Crippen LogP contribution in [0.15, 0.2) is 11.3 Å². The molecule has 2 N–H and O–H groups in total. The number of nitrogens with zero attached hydrogens (tertiary/aromatic N) is 1. The normalized spacial score (nSPS) is 21.2. The monoisotopic (exact) mass is 294 g/mol. The summed E-state index contributed by atoms with van der Waals surface area (Å²) in [4.78, 5) is 37.1. The molecule has 6 heteroatoms. The van der Waals surface area contributed by atoms with Crippen LogP contribution in [0.4, 0.5) is 0 Å². The summed E-state index contributed by atoms with van der Waals surface area (Å²) < 4.78 is 0. The predicted octanol–water partition coefficient (Wildman–Crippen LogP) is 1.99. The van der Waals surface area contributed by atoms with Gasteiger partial charge in [-0.2, -0.15) is 0 Å². The Morgan fingerprint density at radius 3 is 2.38 bits per heavy atom. The maximum absolute atomic E-state index is 12.3. The highest BCUT2D eigenvalue weighted by molar-refractivity contribution is 6.44. The van der Waals surface area contributed by atoms with Crippen LogP contribution in [-0.4, -0.2) is 39.4 Å². The van der Waals surface area contributed by atoms with E-state index < -0.39 is 23.6 Å². The third kappa shape index (κ3) is 3.37. The van der Waals surface area contributed by atoms with Crippen LogP contribution in [0.3, 0.4) is 0 Å². The number of carbonyl (C=O) groups excluding carboxylic acids is 3. The zero-order valence-corrected chi connectivity index (χ0v) is 12.9. The van der Waals surface area contributed by atoms with E-state index in [1.54, 1.807) is 6.92 Å². The van der Waals surface area contributed by atoms with Crippen molar-refractivity contribution in [2.24, 2.45) is 5.92 Å². The maximum atomic E-state index is 12.3. The molecule has 1 fully saturated rings. The quantitative estimate of drug-likeness (QED) is 0.460. The van der Waals surface area contributed by atoms with Gasteiger partial charge in [-0.05, 0) is 25.7 Å². The van der Waals surface area contributed by atoms with Crippen molar-refractivity contribution in [1.82, 2.24) is 4.90 Å². The summed E-state index contributed by atoms with van der Waals surface area (Å²) in [6, 6.07) is -0.775. The van der Waals surface area contributed by atoms with Crippen molar-refractivity contribution in [3.8, 4) is 0 Å². The van der Waals surface area contributed by atoms with Gasteiger partial charge in [0.15, 0.2) is 0 Å². The standard InChI is InChI=1S/C15H22N2O4/c1-5-6-11(19)14(20)17-10(7-8(2)3)13(16)12(9(4)18)15(17)21/h8,10,16,18H,5-7H2,1-4H3/b12-9+,16-13?/t10-/m0/s1. The molecule has 0 spiro atoms. The molecule has 1 heterocycles. The van der Waals surface area contributed by atoms with Gasteiger partial charge in [0, 0.05) is 6.42 Å². The van der Waals surface area contributed by atoms with Gasteiger partial charge in [0.1, 0.15) is 11.3 Å². The first-order chi connectivity index (χ1) is 9.72. The molecular formula is C15H22N2O4. The zero-order valence-electron chi connectivity index (χ0n) is 12.9. The Balaban J connectivity index is 3.22. The van der Waals surface area contributed by atoms with Crippen LogP contribution in [0.5, 0.6) is 0 Å². The number of carbonyl (C=O) groups is 3. The molecule has 0 aromatic rings. The Kier molecular flexibility index (Phi) is 5.41. The Morgan fingerprint density at radius 1 is 1.38 bits per heavy atom. The average Bonchev–Trinajstić information content (AvgIpc) is 2.60. The molecule has 0 bridgehead atoms. The van der Waals surface area contributed by atoms with Crippen molar-refractivity contribution in [3.05, 3.63) is 11.3 Å². The number of imide groups is 1. The molecule has 2 amide bonds. The number of hydrogen-bond donors (Lipinski definition) is 2. The Labute approximate surface area is 124 Å². The minimum atomic E-state index is -0.881. The molecule has 0 aromatic carbocycles. The van der Waals surface area contributed by atoms with Crippen molar-refractivity contribution in [2.75, 3.05) is 0 Å². The van der Waals surface area contributed by atoms with E-state index in [2.05, 4.69) is 0 Å². The largest absolute Gasteiger partial charge is 0.512 e. The fourth-order valence-electron chi connectivity index (χ4n) is 2.39. The van der Waals surface area contributed by atoms with E-state index in [0.717, 1.165) is 4.90 Å². The number of likely N-dealkylation sites (tertiary alicyclic amines) is 1. The third-order valence-corrected chi connectivity index (χ3v) is 3.34. The number of rotatable bonds is 5. The van der Waals surface area contributed by atoms with Crippen molar-refractivity contribution in [3.63, 3.8) is 0 Å². The van der Waals surface area contributed by atoms with E-state index in [0.29, 0.717) is 12.8 Å². The highest BCUT2D eigenvalue weighted by atomic mass is 16.3. The summed E-state index contributed by atoms with van der Waals surface area (Å²) in [6.07, 6.45) is 0.981. The topological polar surface area (TPSA) is 98.5 Å². The summed E-state index contributed by atoms with van der Waals surface area (Å²) in [6.45, 7) is 6.88. The van der Waals surface area contributed by atoms with Gasteiger partial charge < -0.3 is 10.5 Å². The summed E-state index contributed by atoms with van der Waals surface area (Å²) >= 11 is 0. The van der Waals surface area contributed by atoms with Gasteiger partial charge in [-0.25, -0.2) is 0 Å². The third-order valence-electron chi connectivity index (χ3n) is 3.34. The molecule has 0 saturated carbocycles. The van der Waals surface area contributed by atoms with Gasteiger partial charge in [0.2, 0.25) is 5.78 Å². The van der Waals surface area contributed by atoms with E-state index in [1.165, 1.54) is 6.92 Å². The molecule has 1 saturated heterocycles. The first kappa shape index (κ1) is 17.1. The van der Waals surface area contributed by atoms with E-state index in [-0.39, 0.29) is 29.4 Å². The fourth-order valence-corrected chi connectivity index (χ4v) is 2.39. The van der Waals surface area contributed by atoms with Gasteiger partial charge in [-0.1, -0.05) is 20.8 Å². The van der Waals surface area contributed by atoms with Gasteiger partial charge in [-0.3, -0.25) is 19.3 Å². The summed E-state index contributed by atoms with van der Waals surface area (Å²) in [5.74, 6) is -2.42. The minimum absolute atomic E-state index is 0.0709. The number of aliphatic hydroxyl groups is 1. The first-order valence-electron chi connectivity index (χ1n) is 7.11. The molecule has 21 heavy (non-hydrogen) atoms. The summed E-state index contributed by atoms with van der Waals surface area (Å²) in [7, 11) is 0. The first-order valence-corrected chi connectivity index (χ1v) is 7.11. The molecular weight excluding hydrogens is 272 g/mol. The lowest BCUT2D eigenvalue weighted by Gasteiger charge is -2.22. The van der Waals surface area contributed by atoms with Crippen molar-refractivity contribution < 1.29 is 19.5 Å². The molecule has 0 aromatic heterocycles. The zero-order chi connectivity index (χ0) is 16.3. The molecule has 0 unspecified atom stereocenters. The van der Waals surface area contributed by atoms with Crippen LogP contribution in [-0.2, 0) is 14.4 Å². The van der Waals surface area contributed by atoms with Crippen LogP contribution in [0.1, 0.15) is 47.0 Å². The maximum Gasteiger partial charge on any atom is 0.297 e. The molecule has 6 nitrogen and oxygen atoms in total. The Bertz CT molecular complexity index is 516. The summed E-state index contributed by atoms with van der Waals surface area (Å²) in [5, 5.41) is 17.6. The number of allylic oxidation sites excluding steroid dienone is 1. The average molecular weight is 294 g/mol. The van der Waals surface area contributed by atoms with Crippen LogP contribution < -0.4 is 0 Å². The van der Waals surface area contributed by atoms with Gasteiger partial charge in [0.05, 0.1) is 11.8 Å². The molecule has 0 radical (unpaired) electrons. The molecule has 1 rings (SSSR count). The number of ketones is 1. The molecule has 1 aliphatic heterocycles. The van der Waals surface area contributed by atoms with E-state index in [9.17, 15) is 19.5 Å². The Hall–Kier alpha value is -1.98. The van der Waals surface area contributed by atoms with Crippen molar-refractivity contribution in [2.45, 2.75) is 53.0 Å². The lowest BCUT2D eigenvalue weighted by Crippen LogP contribution is -2.44. The van der Waals surface area contributed by atoms with Crippen LogP contribution >= 0.6 is 0 Å². The van der Waals surface area contributed by atoms with Crippen molar-refractivity contribution >= 4 is 23.3 Å². The number of Topliss-reactive ketones (excluding diaryl/α,β-unsaturated/α-hetero) is 1. The second-order valence-corrected chi connectivity index (χ2v) is 5.67. The van der Waals surface area contributed by atoms with Crippen LogP contribution in [0, 0.1) is 11.3 Å². The number of hydrogen-bond acceptors (Lipinski definition) is 5. The minimum Gasteiger partial charge on any atom is -0.512 e. The van der Waals surface area contributed by atoms with Gasteiger partial charge in [0.25, 0.3) is 11.8 Å². The Morgan fingerprint density at radius 2 is 1.95 bits per heavy atom. The highest BCUT2D eigenvalue weighted by Crippen LogP contribution is 2.28. The predicted molar refractivity (Wildman–Crippen MR) is 78.1 cm³/mol. The van der Waals surface area contributed by atoms with Crippen LogP contribution in [0.2, 0.25) is 0 Å². The number of aliphatic hydroxyl groups excluding tert-OH is 1. The molecule has 1 aliphatic rings. The molecule has 116 valence electrons. The second kappa shape index (κ2) is 6.65.